The number of nitrogens with zero attached hydrogens (tertiary/aromatic N) is 4. The Bertz CT molecular complexity index is 1060. The first-order valence-electron chi connectivity index (χ1n) is 10.9. The van der Waals surface area contributed by atoms with Gasteiger partial charge >= 0.3 is 12.1 Å². The second-order valence-electron chi connectivity index (χ2n) is 8.39. The minimum atomic E-state index is -4.62. The molecule has 0 unspecified atom stereocenters. The monoisotopic (exact) mass is 496 g/mol. The van der Waals surface area contributed by atoms with Gasteiger partial charge in [-0.25, -0.2) is 4.98 Å². The molecule has 0 saturated carbocycles. The fraction of sp³-hybridized carbons (Fsp3) is 0.435. The maximum absolute atomic E-state index is 13.4. The molecule has 11 heteroatoms. The number of piperidine rings is 1. The molecule has 4 rings (SSSR count). The Morgan fingerprint density at radius 2 is 1.88 bits per heavy atom. The lowest BCUT2D eigenvalue weighted by Gasteiger charge is -2.33. The number of anilines is 2. The number of aromatic nitrogens is 1. The van der Waals surface area contributed by atoms with Gasteiger partial charge in [0.15, 0.2) is 0 Å². The molecule has 0 aliphatic carbocycles. The van der Waals surface area contributed by atoms with E-state index in [9.17, 15) is 23.1 Å². The summed E-state index contributed by atoms with van der Waals surface area (Å²) in [5, 5.41) is 14.7. The van der Waals surface area contributed by atoms with E-state index in [2.05, 4.69) is 15.0 Å². The zero-order valence-corrected chi connectivity index (χ0v) is 19.1. The lowest BCUT2D eigenvalue weighted by molar-refractivity contribution is -0.137. The largest absolute Gasteiger partial charge is 0.490 e. The van der Waals surface area contributed by atoms with Crippen molar-refractivity contribution in [2.75, 3.05) is 23.0 Å². The molecule has 34 heavy (non-hydrogen) atoms. The number of halogens is 4. The topological polar surface area (TPSA) is 78.3 Å². The Labute approximate surface area is 199 Å². The molecular weight excluding hydrogens is 473 g/mol. The predicted octanol–water partition coefficient (Wildman–Crippen LogP) is 5.00. The summed E-state index contributed by atoms with van der Waals surface area (Å²) in [5.41, 5.74) is -0.594. The Morgan fingerprint density at radius 3 is 2.47 bits per heavy atom. The molecule has 2 aliphatic rings. The van der Waals surface area contributed by atoms with Crippen LogP contribution < -0.4 is 14.6 Å². The Hall–Kier alpha value is -3.01. The number of carboxylic acids is 1. The van der Waals surface area contributed by atoms with Gasteiger partial charge in [-0.05, 0) is 36.4 Å². The SMILES string of the molecule is C[C@@H]1C(C(F)(F)F)=NN(c2ccc(OC3CCN(c4ncccc4Cl)CC3)cc2)[C@H]1CC(=O)O. The Kier molecular flexibility index (Phi) is 6.88. The van der Waals surface area contributed by atoms with Crippen molar-refractivity contribution in [1.82, 2.24) is 4.98 Å². The van der Waals surface area contributed by atoms with Gasteiger partial charge in [-0.15, -0.1) is 0 Å². The van der Waals surface area contributed by atoms with E-state index in [1.54, 1.807) is 42.6 Å². The number of pyridine rings is 1. The molecule has 0 amide bonds. The van der Waals surface area contributed by atoms with Crippen molar-refractivity contribution in [1.29, 1.82) is 0 Å². The molecule has 1 aromatic carbocycles. The quantitative estimate of drug-likeness (QED) is 0.606. The van der Waals surface area contributed by atoms with Gasteiger partial charge in [0, 0.05) is 38.0 Å². The van der Waals surface area contributed by atoms with E-state index >= 15 is 0 Å². The summed E-state index contributed by atoms with van der Waals surface area (Å²) < 4.78 is 46.1. The Morgan fingerprint density at radius 1 is 1.21 bits per heavy atom. The van der Waals surface area contributed by atoms with Crippen LogP contribution in [0.5, 0.6) is 5.75 Å². The van der Waals surface area contributed by atoms with E-state index in [0.29, 0.717) is 16.5 Å². The van der Waals surface area contributed by atoms with E-state index < -0.39 is 36.2 Å². The normalized spacial score (nSPS) is 21.5. The number of carbonyl (C=O) groups is 1. The summed E-state index contributed by atoms with van der Waals surface area (Å²) in [6, 6.07) is 9.20. The van der Waals surface area contributed by atoms with Crippen molar-refractivity contribution < 1.29 is 27.8 Å². The van der Waals surface area contributed by atoms with Gasteiger partial charge in [0.05, 0.1) is 23.2 Å². The molecule has 182 valence electrons. The molecular formula is C23H24ClF3N4O3. The maximum Gasteiger partial charge on any atom is 0.431 e. The smallest absolute Gasteiger partial charge is 0.431 e. The van der Waals surface area contributed by atoms with Crippen molar-refractivity contribution in [2.45, 2.75) is 44.5 Å². The van der Waals surface area contributed by atoms with Crippen LogP contribution in [0.3, 0.4) is 0 Å². The van der Waals surface area contributed by atoms with Gasteiger partial charge in [0.1, 0.15) is 23.4 Å². The van der Waals surface area contributed by atoms with Crippen molar-refractivity contribution in [3.63, 3.8) is 0 Å². The highest BCUT2D eigenvalue weighted by atomic mass is 35.5. The molecule has 2 aromatic rings. The van der Waals surface area contributed by atoms with Crippen LogP contribution in [0, 0.1) is 5.92 Å². The minimum Gasteiger partial charge on any atom is -0.490 e. The van der Waals surface area contributed by atoms with Crippen LogP contribution >= 0.6 is 11.6 Å². The number of benzene rings is 1. The first kappa shape index (κ1) is 24.1. The molecule has 1 fully saturated rings. The van der Waals surface area contributed by atoms with E-state index in [0.717, 1.165) is 36.8 Å². The third-order valence-corrected chi connectivity index (χ3v) is 6.39. The third kappa shape index (κ3) is 5.22. The van der Waals surface area contributed by atoms with Crippen molar-refractivity contribution in [3.8, 4) is 5.75 Å². The second-order valence-corrected chi connectivity index (χ2v) is 8.80. The number of aliphatic carboxylic acids is 1. The fourth-order valence-corrected chi connectivity index (χ4v) is 4.59. The number of hydrogen-bond acceptors (Lipinski definition) is 6. The van der Waals surface area contributed by atoms with Crippen LogP contribution in [-0.2, 0) is 4.79 Å². The summed E-state index contributed by atoms with van der Waals surface area (Å²) in [7, 11) is 0. The lowest BCUT2D eigenvalue weighted by Crippen LogP contribution is -2.38. The highest BCUT2D eigenvalue weighted by molar-refractivity contribution is 6.32. The summed E-state index contributed by atoms with van der Waals surface area (Å²) >= 11 is 6.23. The lowest BCUT2D eigenvalue weighted by atomic mass is 9.94. The van der Waals surface area contributed by atoms with Crippen LogP contribution in [-0.4, -0.2) is 53.2 Å². The summed E-state index contributed by atoms with van der Waals surface area (Å²) in [6.07, 6.45) is -1.87. The van der Waals surface area contributed by atoms with Gasteiger partial charge in [-0.3, -0.25) is 9.80 Å². The number of hydrazone groups is 1. The van der Waals surface area contributed by atoms with Crippen LogP contribution in [0.2, 0.25) is 5.02 Å². The predicted molar refractivity (Wildman–Crippen MR) is 123 cm³/mol. The number of hydrogen-bond donors (Lipinski definition) is 1. The number of rotatable bonds is 6. The molecule has 1 saturated heterocycles. The van der Waals surface area contributed by atoms with Gasteiger partial charge in [-0.2, -0.15) is 18.3 Å². The average Bonchev–Trinajstić information content (AvgIpc) is 3.11. The molecule has 2 atom stereocenters. The minimum absolute atomic E-state index is 0.0222. The highest BCUT2D eigenvalue weighted by Gasteiger charge is 2.48. The molecule has 0 radical (unpaired) electrons. The zero-order valence-electron chi connectivity index (χ0n) is 18.4. The Balaban J connectivity index is 1.41. The number of carboxylic acid groups (broad SMARTS) is 1. The first-order valence-corrected chi connectivity index (χ1v) is 11.3. The molecule has 2 aliphatic heterocycles. The van der Waals surface area contributed by atoms with Crippen LogP contribution in [0.25, 0.3) is 0 Å². The number of ether oxygens (including phenoxy) is 1. The van der Waals surface area contributed by atoms with Gasteiger partial charge in [-0.1, -0.05) is 18.5 Å². The van der Waals surface area contributed by atoms with E-state index in [4.69, 9.17) is 16.3 Å². The van der Waals surface area contributed by atoms with E-state index in [1.807, 2.05) is 0 Å². The van der Waals surface area contributed by atoms with Gasteiger partial charge < -0.3 is 14.7 Å². The van der Waals surface area contributed by atoms with Gasteiger partial charge in [0.2, 0.25) is 0 Å². The van der Waals surface area contributed by atoms with Crippen molar-refractivity contribution in [3.05, 3.63) is 47.6 Å². The molecule has 0 spiro atoms. The van der Waals surface area contributed by atoms with E-state index in [1.165, 1.54) is 6.92 Å². The average molecular weight is 497 g/mol. The zero-order chi connectivity index (χ0) is 24.5. The first-order chi connectivity index (χ1) is 16.1. The van der Waals surface area contributed by atoms with E-state index in [-0.39, 0.29) is 6.10 Å². The fourth-order valence-electron chi connectivity index (χ4n) is 4.35. The summed E-state index contributed by atoms with van der Waals surface area (Å²) in [5.74, 6) is -0.912. The van der Waals surface area contributed by atoms with Gasteiger partial charge in [0.25, 0.3) is 0 Å². The third-order valence-electron chi connectivity index (χ3n) is 6.10. The molecule has 1 aromatic heterocycles. The summed E-state index contributed by atoms with van der Waals surface area (Å²) in [6.45, 7) is 2.82. The van der Waals surface area contributed by atoms with Crippen LogP contribution in [0.1, 0.15) is 26.2 Å². The van der Waals surface area contributed by atoms with Crippen molar-refractivity contribution >= 4 is 34.8 Å². The number of alkyl halides is 3. The molecule has 7 nitrogen and oxygen atoms in total. The highest BCUT2D eigenvalue weighted by Crippen LogP contribution is 2.37. The summed E-state index contributed by atoms with van der Waals surface area (Å²) in [4.78, 5) is 17.7. The maximum atomic E-state index is 13.4. The van der Waals surface area contributed by atoms with Crippen LogP contribution in [0.4, 0.5) is 24.7 Å². The molecule has 3 heterocycles. The molecule has 1 N–H and O–H groups in total. The second kappa shape index (κ2) is 9.69. The standard InChI is InChI=1S/C23H24ClF3N4O3/c1-14-19(13-20(32)33)31(29-21(14)23(25,26)27)15-4-6-16(7-5-15)34-17-8-11-30(12-9-17)22-18(24)3-2-10-28-22/h2-7,10,14,17,19H,8-9,11-13H2,1H3,(H,32,33)/t14-,19-/m0/s1. The van der Waals surface area contributed by atoms with Crippen molar-refractivity contribution in [2.24, 2.45) is 11.0 Å². The van der Waals surface area contributed by atoms with Crippen LogP contribution in [0.15, 0.2) is 47.7 Å². The molecule has 0 bridgehead atoms.